The Morgan fingerprint density at radius 3 is 1.30 bits per heavy atom. The summed E-state index contributed by atoms with van der Waals surface area (Å²) in [5, 5.41) is 9.59. The Morgan fingerprint density at radius 1 is 0.346 bits per heavy atom. The molecular formula is C103H96N2OS. The summed E-state index contributed by atoms with van der Waals surface area (Å²) in [6.45, 7) is 34.7. The number of para-hydroxylation sites is 1. The van der Waals surface area contributed by atoms with E-state index in [1.165, 1.54) is 114 Å². The predicted octanol–water partition coefficient (Wildman–Crippen LogP) is 29.4. The van der Waals surface area contributed by atoms with Gasteiger partial charge in [0.25, 0.3) is 0 Å². The van der Waals surface area contributed by atoms with Crippen LogP contribution in [0.5, 0.6) is 0 Å². The molecule has 14 aromatic carbocycles. The van der Waals surface area contributed by atoms with Crippen LogP contribution in [0.25, 0.3) is 74.8 Å². The van der Waals surface area contributed by atoms with E-state index in [0.717, 1.165) is 61.6 Å². The molecular weight excluding hydrogens is 1310 g/mol. The van der Waals surface area contributed by atoms with Crippen LogP contribution in [0.4, 0.5) is 34.1 Å². The van der Waals surface area contributed by atoms with Gasteiger partial charge in [-0.05, 0) is 189 Å². The standard InChI is InChI=1S/C103H96N2OS/c1-98(2,3)69-40-38-67(39-41-69)85(82-34-24-28-65-26-16-18-30-80(65)82)62-68-63-86-94(96-92(68)83-32-20-22-36-90(83)106-96)95-87(64-89(93-84-33-21-23-37-91(84)107-97(93)95)105(79-58-50-73(51-59-79)102(13,14)15)88-35-25-29-66-27-17-19-31-81(66)88)103(86,74-44-42-70(43-45-74)99(4,5)6)75-52-60-78(61-53-75)104(76-54-46-71(47-55-76)100(7,8)9)77-56-48-72(49-57-77)101(10,11)12/h16-61,63-64,85H,62H2,1-15H3/t85-,103?/m0/s1. The van der Waals surface area contributed by atoms with Crippen LogP contribution in [0, 0.1) is 0 Å². The van der Waals surface area contributed by atoms with Gasteiger partial charge in [-0.25, -0.2) is 0 Å². The minimum atomic E-state index is -0.974. The van der Waals surface area contributed by atoms with Gasteiger partial charge in [-0.15, -0.1) is 11.3 Å². The van der Waals surface area contributed by atoms with Crippen molar-refractivity contribution in [3.8, 4) is 11.1 Å². The summed E-state index contributed by atoms with van der Waals surface area (Å²) < 4.78 is 10.3. The first kappa shape index (κ1) is 69.3. The summed E-state index contributed by atoms with van der Waals surface area (Å²) in [4.78, 5) is 5.05. The van der Waals surface area contributed by atoms with Gasteiger partial charge in [0.05, 0.1) is 16.8 Å². The second kappa shape index (κ2) is 25.7. The molecule has 1 aliphatic rings. The number of anilines is 6. The molecule has 2 aromatic heterocycles. The maximum atomic E-state index is 7.86. The molecule has 17 rings (SSSR count). The fourth-order valence-corrected chi connectivity index (χ4v) is 18.6. The van der Waals surface area contributed by atoms with Gasteiger partial charge in [0.15, 0.2) is 0 Å². The molecule has 0 radical (unpaired) electrons. The third-order valence-corrected chi connectivity index (χ3v) is 24.4. The van der Waals surface area contributed by atoms with Gasteiger partial charge in [-0.1, -0.05) is 322 Å². The zero-order valence-electron chi connectivity index (χ0n) is 64.7. The Balaban J connectivity index is 1.03. The molecule has 530 valence electrons. The molecule has 107 heavy (non-hydrogen) atoms. The van der Waals surface area contributed by atoms with Gasteiger partial charge in [-0.3, -0.25) is 0 Å². The Labute approximate surface area is 636 Å². The predicted molar refractivity (Wildman–Crippen MR) is 460 cm³/mol. The molecule has 0 saturated carbocycles. The molecule has 16 aromatic rings. The van der Waals surface area contributed by atoms with Crippen LogP contribution in [0.3, 0.4) is 0 Å². The van der Waals surface area contributed by atoms with Crippen molar-refractivity contribution in [3.63, 3.8) is 0 Å². The van der Waals surface area contributed by atoms with E-state index in [4.69, 9.17) is 4.42 Å². The second-order valence-electron chi connectivity index (χ2n) is 35.3. The van der Waals surface area contributed by atoms with Crippen LogP contribution in [0.1, 0.15) is 177 Å². The average Bonchev–Trinajstić information content (AvgIpc) is 1.50. The number of benzene rings is 14. The molecule has 1 unspecified atom stereocenters. The lowest BCUT2D eigenvalue weighted by atomic mass is 9.66. The molecule has 0 bridgehead atoms. The molecule has 1 aliphatic carbocycles. The summed E-state index contributed by atoms with van der Waals surface area (Å²) in [7, 11) is 0. The van der Waals surface area contributed by atoms with Gasteiger partial charge in [0.2, 0.25) is 0 Å². The second-order valence-corrected chi connectivity index (χ2v) is 36.3. The highest BCUT2D eigenvalue weighted by Crippen LogP contribution is 2.65. The quantitative estimate of drug-likeness (QED) is 0.122. The topological polar surface area (TPSA) is 19.6 Å². The highest BCUT2D eigenvalue weighted by atomic mass is 32.1. The summed E-state index contributed by atoms with van der Waals surface area (Å²) in [6.07, 6.45) is 0.699. The SMILES string of the molecule is CC(C)(C)c1ccc([C@H](Cc2cc3c(c4oc5ccccc5c24)-c2c(cc(N(c4ccc(C(C)(C)C)cc4)c4cccc5ccccc45)c4c2sc2ccccc24)C3(c2ccc(N(c3ccc(C(C)(C)C)cc3)c3ccc(C(C)(C)C)cc3)cc2)c2ccc(C(C)(C)C)cc2)c2cccc3ccccc23)cc1. The number of hydrogen-bond acceptors (Lipinski definition) is 4. The summed E-state index contributed by atoms with van der Waals surface area (Å²) >= 11 is 1.92. The minimum Gasteiger partial charge on any atom is -0.455 e. The number of nitrogens with zero attached hydrogens (tertiary/aromatic N) is 2. The van der Waals surface area contributed by atoms with E-state index in [9.17, 15) is 0 Å². The smallest absolute Gasteiger partial charge is 0.143 e. The fourth-order valence-electron chi connectivity index (χ4n) is 17.3. The number of thiophene rings is 1. The van der Waals surface area contributed by atoms with Crippen molar-refractivity contribution in [1.82, 2.24) is 0 Å². The van der Waals surface area contributed by atoms with E-state index >= 15 is 0 Å². The van der Waals surface area contributed by atoms with Gasteiger partial charge in [-0.2, -0.15) is 0 Å². The van der Waals surface area contributed by atoms with Crippen LogP contribution in [0.15, 0.2) is 296 Å². The van der Waals surface area contributed by atoms with Gasteiger partial charge in [0, 0.05) is 76.1 Å². The Hall–Kier alpha value is -10.8. The first-order valence-corrected chi connectivity index (χ1v) is 39.2. The maximum absolute atomic E-state index is 7.86. The highest BCUT2D eigenvalue weighted by molar-refractivity contribution is 7.26. The zero-order valence-corrected chi connectivity index (χ0v) is 65.5. The maximum Gasteiger partial charge on any atom is 0.143 e. The van der Waals surface area contributed by atoms with Crippen molar-refractivity contribution < 1.29 is 4.42 Å². The monoisotopic (exact) mass is 1410 g/mol. The molecule has 4 heteroatoms. The van der Waals surface area contributed by atoms with Gasteiger partial charge >= 0.3 is 0 Å². The molecule has 0 N–H and O–H groups in total. The molecule has 0 amide bonds. The van der Waals surface area contributed by atoms with Crippen LogP contribution in [0.2, 0.25) is 0 Å². The number of hydrogen-bond donors (Lipinski definition) is 0. The molecule has 0 saturated heterocycles. The minimum absolute atomic E-state index is 0.0148. The van der Waals surface area contributed by atoms with Gasteiger partial charge < -0.3 is 14.2 Å². The summed E-state index contributed by atoms with van der Waals surface area (Å²) in [6, 6.07) is 112. The largest absolute Gasteiger partial charge is 0.455 e. The fraction of sp³-hybridized carbons (Fsp3) is 0.223. The van der Waals surface area contributed by atoms with Crippen LogP contribution >= 0.6 is 11.3 Å². The molecule has 2 atom stereocenters. The van der Waals surface area contributed by atoms with Crippen LogP contribution < -0.4 is 9.80 Å². The van der Waals surface area contributed by atoms with E-state index in [2.05, 4.69) is 405 Å². The van der Waals surface area contributed by atoms with Crippen molar-refractivity contribution in [2.45, 2.75) is 149 Å². The van der Waals surface area contributed by atoms with Crippen LogP contribution in [-0.2, 0) is 38.9 Å². The van der Waals surface area contributed by atoms with Crippen molar-refractivity contribution >= 4 is 109 Å². The summed E-state index contributed by atoms with van der Waals surface area (Å²) in [5.74, 6) is -0.0469. The van der Waals surface area contributed by atoms with E-state index < -0.39 is 5.41 Å². The average molecular weight is 1410 g/mol. The van der Waals surface area contributed by atoms with E-state index in [-0.39, 0.29) is 33.0 Å². The van der Waals surface area contributed by atoms with E-state index in [0.29, 0.717) is 6.42 Å². The van der Waals surface area contributed by atoms with E-state index in [1.54, 1.807) is 0 Å². The van der Waals surface area contributed by atoms with Crippen molar-refractivity contribution in [2.75, 3.05) is 9.80 Å². The summed E-state index contributed by atoms with van der Waals surface area (Å²) in [5.41, 5.74) is 24.6. The number of furan rings is 1. The lowest BCUT2D eigenvalue weighted by Gasteiger charge is -2.36. The first-order chi connectivity index (χ1) is 51.2. The van der Waals surface area contributed by atoms with Crippen molar-refractivity contribution in [3.05, 3.63) is 358 Å². The highest BCUT2D eigenvalue weighted by Gasteiger charge is 2.50. The Bertz CT molecular complexity index is 6010. The lowest BCUT2D eigenvalue weighted by Crippen LogP contribution is -2.29. The third kappa shape index (κ3) is 11.9. The van der Waals surface area contributed by atoms with Crippen LogP contribution in [-0.4, -0.2) is 0 Å². The van der Waals surface area contributed by atoms with E-state index in [1.807, 2.05) is 11.3 Å². The number of rotatable bonds is 12. The molecule has 0 spiro atoms. The Kier molecular flexibility index (Phi) is 16.7. The molecule has 0 aliphatic heterocycles. The van der Waals surface area contributed by atoms with Crippen molar-refractivity contribution in [1.29, 1.82) is 0 Å². The Morgan fingerprint density at radius 2 is 0.757 bits per heavy atom. The normalized spacial score (nSPS) is 14.5. The first-order valence-electron chi connectivity index (χ1n) is 38.4. The number of fused-ring (bicyclic) bond motifs is 13. The lowest BCUT2D eigenvalue weighted by molar-refractivity contribution is 0.589. The molecule has 0 fully saturated rings. The van der Waals surface area contributed by atoms with Crippen molar-refractivity contribution in [2.24, 2.45) is 0 Å². The third-order valence-electron chi connectivity index (χ3n) is 23.2. The molecule has 3 nitrogen and oxygen atoms in total. The van der Waals surface area contributed by atoms with Gasteiger partial charge in [0.1, 0.15) is 11.2 Å². The molecule has 2 heterocycles. The zero-order chi connectivity index (χ0) is 74.3.